The van der Waals surface area contributed by atoms with Crippen molar-refractivity contribution in [1.29, 1.82) is 0 Å². The molecule has 5 nitrogen and oxygen atoms in total. The summed E-state index contributed by atoms with van der Waals surface area (Å²) in [5.41, 5.74) is 0.200. The van der Waals surface area contributed by atoms with Gasteiger partial charge in [-0.2, -0.15) is 4.72 Å². The Morgan fingerprint density at radius 1 is 1.40 bits per heavy atom. The summed E-state index contributed by atoms with van der Waals surface area (Å²) in [5, 5.41) is 9.03. The molecule has 0 aliphatic heterocycles. The van der Waals surface area contributed by atoms with Gasteiger partial charge in [-0.3, -0.25) is 4.79 Å². The van der Waals surface area contributed by atoms with Gasteiger partial charge >= 0.3 is 5.97 Å². The summed E-state index contributed by atoms with van der Waals surface area (Å²) in [4.78, 5) is 10.9. The summed E-state index contributed by atoms with van der Waals surface area (Å²) in [7, 11) is -4.05. The summed E-state index contributed by atoms with van der Waals surface area (Å²) in [6, 6.07) is 0.943. The lowest BCUT2D eigenvalue weighted by atomic mass is 10.1. The van der Waals surface area contributed by atoms with Crippen LogP contribution in [0.4, 0.5) is 4.39 Å². The number of hydrogen-bond donors (Lipinski definition) is 2. The van der Waals surface area contributed by atoms with Gasteiger partial charge in [0.2, 0.25) is 10.0 Å². The highest BCUT2D eigenvalue weighted by atomic mass is 79.9. The van der Waals surface area contributed by atoms with Crippen LogP contribution in [0.5, 0.6) is 0 Å². The molecule has 20 heavy (non-hydrogen) atoms. The normalized spacial score (nSPS) is 13.5. The molecule has 0 spiro atoms. The lowest BCUT2D eigenvalue weighted by Crippen LogP contribution is -2.44. The van der Waals surface area contributed by atoms with Gasteiger partial charge in [-0.05, 0) is 46.5 Å². The second-order valence-electron chi connectivity index (χ2n) is 4.71. The van der Waals surface area contributed by atoms with Crippen molar-refractivity contribution >= 4 is 31.9 Å². The fourth-order valence-electron chi connectivity index (χ4n) is 1.62. The summed E-state index contributed by atoms with van der Waals surface area (Å²) in [5.74, 6) is -2.27. The summed E-state index contributed by atoms with van der Waals surface area (Å²) in [6.07, 6.45) is 0. The van der Waals surface area contributed by atoms with Crippen LogP contribution in [0.2, 0.25) is 0 Å². The predicted molar refractivity (Wildman–Crippen MR) is 75.4 cm³/mol. The van der Waals surface area contributed by atoms with Gasteiger partial charge in [0, 0.05) is 0 Å². The van der Waals surface area contributed by atoms with E-state index in [1.54, 1.807) is 13.8 Å². The molecule has 0 aliphatic carbocycles. The Kier molecular flexibility index (Phi) is 5.28. The van der Waals surface area contributed by atoms with Gasteiger partial charge < -0.3 is 5.11 Å². The van der Waals surface area contributed by atoms with E-state index >= 15 is 0 Å². The molecule has 1 aromatic rings. The molecule has 112 valence electrons. The van der Waals surface area contributed by atoms with Gasteiger partial charge in [0.25, 0.3) is 0 Å². The number of sulfonamides is 1. The summed E-state index contributed by atoms with van der Waals surface area (Å²) in [6.45, 7) is 4.62. The lowest BCUT2D eigenvalue weighted by molar-refractivity contribution is -0.140. The second kappa shape index (κ2) is 6.19. The standard InChI is InChI=1S/C12H15BrFNO4S/c1-6(2)11(12(16)17)15-20(18,19)10-5-8(13)9(14)4-7(10)3/h4-6,11,15H,1-3H3,(H,16,17)/t11-/m1/s1. The van der Waals surface area contributed by atoms with Gasteiger partial charge in [0.1, 0.15) is 11.9 Å². The predicted octanol–water partition coefficient (Wildman–Crippen LogP) is 2.28. The van der Waals surface area contributed by atoms with E-state index in [1.807, 2.05) is 0 Å². The highest BCUT2D eigenvalue weighted by Crippen LogP contribution is 2.24. The first-order valence-corrected chi connectivity index (χ1v) is 8.04. The molecule has 8 heteroatoms. The van der Waals surface area contributed by atoms with Crippen molar-refractivity contribution in [2.75, 3.05) is 0 Å². The Bertz CT molecular complexity index is 631. The molecule has 0 saturated carbocycles. The lowest BCUT2D eigenvalue weighted by Gasteiger charge is -2.19. The average Bonchev–Trinajstić information content (AvgIpc) is 2.30. The first-order chi connectivity index (χ1) is 9.06. The van der Waals surface area contributed by atoms with Crippen molar-refractivity contribution in [3.63, 3.8) is 0 Å². The fraction of sp³-hybridized carbons (Fsp3) is 0.417. The summed E-state index contributed by atoms with van der Waals surface area (Å²) >= 11 is 2.91. The van der Waals surface area contributed by atoms with E-state index in [-0.39, 0.29) is 14.9 Å². The molecule has 0 aromatic heterocycles. The maximum Gasteiger partial charge on any atom is 0.322 e. The van der Waals surface area contributed by atoms with Crippen LogP contribution in [0.1, 0.15) is 19.4 Å². The molecule has 1 aromatic carbocycles. The Balaban J connectivity index is 3.24. The number of aliphatic carboxylic acids is 1. The molecule has 1 atom stereocenters. The molecule has 0 amide bonds. The monoisotopic (exact) mass is 367 g/mol. The Morgan fingerprint density at radius 3 is 2.40 bits per heavy atom. The topological polar surface area (TPSA) is 83.5 Å². The van der Waals surface area contributed by atoms with Crippen LogP contribution in [0, 0.1) is 18.7 Å². The molecule has 0 bridgehead atoms. The zero-order valence-corrected chi connectivity index (χ0v) is 13.5. The molecule has 0 heterocycles. The van der Waals surface area contributed by atoms with Gasteiger partial charge in [-0.25, -0.2) is 12.8 Å². The van der Waals surface area contributed by atoms with Crippen molar-refractivity contribution in [2.24, 2.45) is 5.92 Å². The molecule has 0 fully saturated rings. The van der Waals surface area contributed by atoms with Crippen molar-refractivity contribution in [1.82, 2.24) is 4.72 Å². The molecule has 0 saturated heterocycles. The molecular weight excluding hydrogens is 353 g/mol. The van der Waals surface area contributed by atoms with Gasteiger partial charge in [0.15, 0.2) is 0 Å². The fourth-order valence-corrected chi connectivity index (χ4v) is 3.70. The van der Waals surface area contributed by atoms with Gasteiger partial charge in [-0.1, -0.05) is 13.8 Å². The molecule has 0 radical (unpaired) electrons. The maximum atomic E-state index is 13.3. The maximum absolute atomic E-state index is 13.3. The van der Waals surface area contributed by atoms with E-state index < -0.39 is 33.8 Å². The molecule has 0 aliphatic rings. The van der Waals surface area contributed by atoms with Crippen LogP contribution in [0.25, 0.3) is 0 Å². The SMILES string of the molecule is Cc1cc(F)c(Br)cc1S(=O)(=O)N[C@@H](C(=O)O)C(C)C. The molecule has 0 unspecified atom stereocenters. The Morgan fingerprint density at radius 2 is 1.95 bits per heavy atom. The van der Waals surface area contributed by atoms with E-state index in [0.29, 0.717) is 0 Å². The molecular formula is C12H15BrFNO4S. The minimum atomic E-state index is -4.05. The van der Waals surface area contributed by atoms with Gasteiger partial charge in [-0.15, -0.1) is 0 Å². The highest BCUT2D eigenvalue weighted by molar-refractivity contribution is 9.10. The first-order valence-electron chi connectivity index (χ1n) is 5.77. The van der Waals surface area contributed by atoms with Crippen LogP contribution >= 0.6 is 15.9 Å². The smallest absolute Gasteiger partial charge is 0.322 e. The van der Waals surface area contributed by atoms with E-state index in [0.717, 1.165) is 12.1 Å². The van der Waals surface area contributed by atoms with Crippen LogP contribution in [0.3, 0.4) is 0 Å². The van der Waals surface area contributed by atoms with E-state index in [9.17, 15) is 17.6 Å². The third-order valence-electron chi connectivity index (χ3n) is 2.72. The number of benzene rings is 1. The minimum absolute atomic E-state index is 0.0000954. The van der Waals surface area contributed by atoms with Crippen LogP contribution in [-0.2, 0) is 14.8 Å². The Hall–Kier alpha value is -0.990. The molecule has 1 rings (SSSR count). The largest absolute Gasteiger partial charge is 0.480 e. The third kappa shape index (κ3) is 3.77. The summed E-state index contributed by atoms with van der Waals surface area (Å²) < 4.78 is 39.9. The molecule has 2 N–H and O–H groups in total. The number of halogens is 2. The Labute approximate surface area is 125 Å². The zero-order chi connectivity index (χ0) is 15.7. The first kappa shape index (κ1) is 17.1. The highest BCUT2D eigenvalue weighted by Gasteiger charge is 2.29. The second-order valence-corrected chi connectivity index (χ2v) is 7.25. The van der Waals surface area contributed by atoms with E-state index in [2.05, 4.69) is 20.7 Å². The quantitative estimate of drug-likeness (QED) is 0.835. The van der Waals surface area contributed by atoms with Crippen molar-refractivity contribution in [2.45, 2.75) is 31.7 Å². The number of carbonyl (C=O) groups is 1. The minimum Gasteiger partial charge on any atom is -0.480 e. The van der Waals surface area contributed by atoms with Crippen molar-refractivity contribution in [3.05, 3.63) is 28.0 Å². The van der Waals surface area contributed by atoms with Crippen LogP contribution in [0.15, 0.2) is 21.5 Å². The number of rotatable bonds is 5. The number of carboxylic acids is 1. The number of nitrogens with one attached hydrogen (secondary N) is 1. The van der Waals surface area contributed by atoms with E-state index in [1.165, 1.54) is 6.92 Å². The van der Waals surface area contributed by atoms with E-state index in [4.69, 9.17) is 5.11 Å². The van der Waals surface area contributed by atoms with Crippen LogP contribution in [-0.4, -0.2) is 25.5 Å². The average molecular weight is 368 g/mol. The van der Waals surface area contributed by atoms with Crippen molar-refractivity contribution < 1.29 is 22.7 Å². The zero-order valence-electron chi connectivity index (χ0n) is 11.1. The van der Waals surface area contributed by atoms with Gasteiger partial charge in [0.05, 0.1) is 9.37 Å². The van der Waals surface area contributed by atoms with Crippen molar-refractivity contribution in [3.8, 4) is 0 Å². The number of aryl methyl sites for hydroxylation is 1. The number of hydrogen-bond acceptors (Lipinski definition) is 3. The third-order valence-corrected chi connectivity index (χ3v) is 4.91. The van der Waals surface area contributed by atoms with Crippen LogP contribution < -0.4 is 4.72 Å². The number of carboxylic acid groups (broad SMARTS) is 1.